The van der Waals surface area contributed by atoms with E-state index in [1.165, 1.54) is 31.3 Å². The summed E-state index contributed by atoms with van der Waals surface area (Å²) in [6, 6.07) is 16.3. The smallest absolute Gasteiger partial charge is 0.243 e. The number of rotatable bonds is 6. The van der Waals surface area contributed by atoms with Crippen molar-refractivity contribution >= 4 is 21.6 Å². The summed E-state index contributed by atoms with van der Waals surface area (Å²) in [5, 5.41) is 15.6. The van der Waals surface area contributed by atoms with E-state index in [9.17, 15) is 13.2 Å². The molecule has 3 rings (SSSR count). The highest BCUT2D eigenvalue weighted by Gasteiger charge is 2.23. The van der Waals surface area contributed by atoms with Crippen LogP contribution in [0.4, 0.5) is 5.69 Å². The topological polar surface area (TPSA) is 108 Å². The molecule has 8 nitrogen and oxygen atoms in total. The Morgan fingerprint density at radius 1 is 1.21 bits per heavy atom. The van der Waals surface area contributed by atoms with Gasteiger partial charge in [0.25, 0.3) is 0 Å². The fourth-order valence-electron chi connectivity index (χ4n) is 2.52. The predicted octanol–water partition coefficient (Wildman–Crippen LogP) is 2.00. The second-order valence-corrected chi connectivity index (χ2v) is 7.99. The third kappa shape index (κ3) is 4.25. The molecule has 0 aliphatic rings. The van der Waals surface area contributed by atoms with Gasteiger partial charge in [-0.15, -0.1) is 0 Å². The molecule has 0 aliphatic carbocycles. The van der Waals surface area contributed by atoms with Crippen LogP contribution in [0.2, 0.25) is 0 Å². The van der Waals surface area contributed by atoms with Gasteiger partial charge < -0.3 is 5.32 Å². The van der Waals surface area contributed by atoms with Crippen molar-refractivity contribution in [3.8, 4) is 11.8 Å². The first-order valence-electron chi connectivity index (χ1n) is 8.26. The number of carbonyl (C=O) groups excluding carboxylic acids is 1. The van der Waals surface area contributed by atoms with E-state index in [1.807, 2.05) is 12.1 Å². The zero-order valence-corrected chi connectivity index (χ0v) is 15.8. The Labute approximate surface area is 162 Å². The van der Waals surface area contributed by atoms with Crippen LogP contribution < -0.4 is 5.32 Å². The van der Waals surface area contributed by atoms with E-state index in [0.717, 1.165) is 9.99 Å². The highest BCUT2D eigenvalue weighted by molar-refractivity contribution is 7.89. The number of aromatic nitrogens is 2. The van der Waals surface area contributed by atoms with Crippen LogP contribution in [0.1, 0.15) is 5.56 Å². The van der Waals surface area contributed by atoms with Gasteiger partial charge in [-0.05, 0) is 48.5 Å². The lowest BCUT2D eigenvalue weighted by Gasteiger charge is -2.17. The molecule has 2 aromatic carbocycles. The van der Waals surface area contributed by atoms with Gasteiger partial charge in [-0.1, -0.05) is 6.07 Å². The third-order valence-corrected chi connectivity index (χ3v) is 5.77. The summed E-state index contributed by atoms with van der Waals surface area (Å²) in [7, 11) is -2.52. The molecule has 0 aliphatic heterocycles. The minimum atomic E-state index is -3.85. The summed E-state index contributed by atoms with van der Waals surface area (Å²) in [5.74, 6) is -0.475. The van der Waals surface area contributed by atoms with Crippen LogP contribution in [0.25, 0.3) is 5.69 Å². The molecule has 3 aromatic rings. The van der Waals surface area contributed by atoms with Crippen molar-refractivity contribution in [2.45, 2.75) is 4.90 Å². The molecule has 1 aromatic heterocycles. The largest absolute Gasteiger partial charge is 0.325 e. The molecule has 1 N–H and O–H groups in total. The second kappa shape index (κ2) is 8.04. The van der Waals surface area contributed by atoms with Crippen LogP contribution >= 0.6 is 0 Å². The Morgan fingerprint density at radius 2 is 1.96 bits per heavy atom. The lowest BCUT2D eigenvalue weighted by atomic mass is 10.2. The fourth-order valence-corrected chi connectivity index (χ4v) is 3.64. The molecule has 0 fully saturated rings. The highest BCUT2D eigenvalue weighted by Crippen LogP contribution is 2.16. The van der Waals surface area contributed by atoms with Gasteiger partial charge in [0.2, 0.25) is 15.9 Å². The van der Waals surface area contributed by atoms with E-state index in [-0.39, 0.29) is 11.4 Å². The van der Waals surface area contributed by atoms with Crippen LogP contribution in [-0.4, -0.2) is 42.0 Å². The van der Waals surface area contributed by atoms with E-state index < -0.39 is 15.9 Å². The number of hydrogen-bond donors (Lipinski definition) is 1. The summed E-state index contributed by atoms with van der Waals surface area (Å²) in [4.78, 5) is 12.3. The molecule has 142 valence electrons. The number of likely N-dealkylation sites (N-methyl/N-ethyl adjacent to an activating group) is 1. The predicted molar refractivity (Wildman–Crippen MR) is 103 cm³/mol. The number of nitrogens with one attached hydrogen (secondary N) is 1. The highest BCUT2D eigenvalue weighted by atomic mass is 32.2. The van der Waals surface area contributed by atoms with Crippen LogP contribution in [-0.2, 0) is 14.8 Å². The summed E-state index contributed by atoms with van der Waals surface area (Å²) in [6.07, 6.45) is 3.42. The molecular weight excluding hydrogens is 378 g/mol. The van der Waals surface area contributed by atoms with Gasteiger partial charge in [0.1, 0.15) is 0 Å². The van der Waals surface area contributed by atoms with Gasteiger partial charge in [0.05, 0.1) is 28.8 Å². The zero-order valence-electron chi connectivity index (χ0n) is 15.0. The Kier molecular flexibility index (Phi) is 5.54. The third-order valence-electron chi connectivity index (χ3n) is 3.96. The Balaban J connectivity index is 1.69. The summed E-state index contributed by atoms with van der Waals surface area (Å²) in [6.45, 7) is -0.353. The van der Waals surface area contributed by atoms with Gasteiger partial charge in [0, 0.05) is 25.1 Å². The number of hydrogen-bond acceptors (Lipinski definition) is 5. The zero-order chi connectivity index (χ0) is 20.1. The first kappa shape index (κ1) is 19.3. The van der Waals surface area contributed by atoms with Crippen molar-refractivity contribution in [3.63, 3.8) is 0 Å². The average molecular weight is 395 g/mol. The molecule has 0 atom stereocenters. The maximum Gasteiger partial charge on any atom is 0.243 e. The van der Waals surface area contributed by atoms with Crippen LogP contribution in [0.15, 0.2) is 71.9 Å². The number of anilines is 1. The monoisotopic (exact) mass is 395 g/mol. The normalized spacial score (nSPS) is 11.2. The molecule has 0 radical (unpaired) electrons. The molecule has 28 heavy (non-hydrogen) atoms. The molecule has 0 unspecified atom stereocenters. The summed E-state index contributed by atoms with van der Waals surface area (Å²) >= 11 is 0. The van der Waals surface area contributed by atoms with Crippen LogP contribution in [0, 0.1) is 11.3 Å². The van der Waals surface area contributed by atoms with E-state index in [2.05, 4.69) is 10.4 Å². The van der Waals surface area contributed by atoms with Crippen molar-refractivity contribution in [1.29, 1.82) is 5.26 Å². The first-order valence-corrected chi connectivity index (χ1v) is 9.70. The molecule has 9 heteroatoms. The molecule has 1 amide bonds. The fraction of sp³-hybridized carbons (Fsp3) is 0.105. The number of amides is 1. The van der Waals surface area contributed by atoms with Gasteiger partial charge in [0.15, 0.2) is 0 Å². The van der Waals surface area contributed by atoms with Crippen molar-refractivity contribution in [2.24, 2.45) is 0 Å². The quantitative estimate of drug-likeness (QED) is 0.687. The minimum absolute atomic E-state index is 0.0162. The van der Waals surface area contributed by atoms with Gasteiger partial charge in [-0.3, -0.25) is 4.79 Å². The second-order valence-electron chi connectivity index (χ2n) is 5.95. The molecule has 1 heterocycles. The first-order chi connectivity index (χ1) is 13.4. The number of benzene rings is 2. The van der Waals surface area contributed by atoms with Gasteiger partial charge in [-0.2, -0.15) is 14.7 Å². The maximum atomic E-state index is 12.6. The van der Waals surface area contributed by atoms with Crippen LogP contribution in [0.5, 0.6) is 0 Å². The lowest BCUT2D eigenvalue weighted by Crippen LogP contribution is -2.35. The Bertz CT molecular complexity index is 1120. The standard InChI is InChI=1S/C19H17N5O3S/c1-23(28(26,27)18-8-6-15(13-20)7-9-18)14-19(25)22-16-4-2-5-17(12-16)24-11-3-10-21-24/h2-12H,14H2,1H3,(H,22,25). The minimum Gasteiger partial charge on any atom is -0.325 e. The van der Waals surface area contributed by atoms with E-state index in [4.69, 9.17) is 5.26 Å². The molecule has 0 bridgehead atoms. The SMILES string of the molecule is CN(CC(=O)Nc1cccc(-n2cccn2)c1)S(=O)(=O)c1ccc(C#N)cc1. The Hall–Kier alpha value is -3.48. The maximum absolute atomic E-state index is 12.6. The number of nitrogens with zero attached hydrogens (tertiary/aromatic N) is 4. The van der Waals surface area contributed by atoms with E-state index in [1.54, 1.807) is 41.3 Å². The van der Waals surface area contributed by atoms with E-state index in [0.29, 0.717) is 11.3 Å². The number of sulfonamides is 1. The Morgan fingerprint density at radius 3 is 2.61 bits per heavy atom. The molecule has 0 spiro atoms. The van der Waals surface area contributed by atoms with E-state index >= 15 is 0 Å². The van der Waals surface area contributed by atoms with Gasteiger partial charge in [-0.25, -0.2) is 13.1 Å². The van der Waals surface area contributed by atoms with Crippen LogP contribution in [0.3, 0.4) is 0 Å². The number of nitriles is 1. The lowest BCUT2D eigenvalue weighted by molar-refractivity contribution is -0.116. The molecule has 0 saturated heterocycles. The van der Waals surface area contributed by atoms with Gasteiger partial charge >= 0.3 is 0 Å². The summed E-state index contributed by atoms with van der Waals surface area (Å²) < 4.78 is 27.8. The van der Waals surface area contributed by atoms with Crippen molar-refractivity contribution in [3.05, 3.63) is 72.6 Å². The average Bonchev–Trinajstić information content (AvgIpc) is 3.23. The number of carbonyl (C=O) groups is 1. The summed E-state index contributed by atoms with van der Waals surface area (Å²) in [5.41, 5.74) is 1.65. The van der Waals surface area contributed by atoms with Crippen molar-refractivity contribution in [1.82, 2.24) is 14.1 Å². The molecule has 0 saturated carbocycles. The van der Waals surface area contributed by atoms with Crippen molar-refractivity contribution in [2.75, 3.05) is 18.9 Å². The van der Waals surface area contributed by atoms with Crippen molar-refractivity contribution < 1.29 is 13.2 Å². The molecular formula is C19H17N5O3S.